The van der Waals surface area contributed by atoms with Gasteiger partial charge in [-0.15, -0.1) is 11.3 Å². The van der Waals surface area contributed by atoms with Gasteiger partial charge in [0.1, 0.15) is 6.04 Å². The summed E-state index contributed by atoms with van der Waals surface area (Å²) in [6, 6.07) is 9.73. The van der Waals surface area contributed by atoms with Crippen molar-refractivity contribution in [2.45, 2.75) is 63.6 Å². The minimum absolute atomic E-state index is 0.193. The highest BCUT2D eigenvalue weighted by Gasteiger charge is 2.47. The molecule has 2 atom stereocenters. The van der Waals surface area contributed by atoms with Crippen LogP contribution in [-0.4, -0.2) is 28.7 Å². The summed E-state index contributed by atoms with van der Waals surface area (Å²) in [5, 5.41) is 3.03. The molecular formula is C22H24F2N2O2S. The zero-order valence-electron chi connectivity index (χ0n) is 16.5. The Bertz CT molecular complexity index is 932. The first-order valence-electron chi connectivity index (χ1n) is 9.93. The fraction of sp³-hybridized carbons (Fsp3) is 0.455. The average Bonchev–Trinajstić information content (AvgIpc) is 3.24. The molecule has 1 N–H and O–H groups in total. The van der Waals surface area contributed by atoms with Crippen molar-refractivity contribution in [1.29, 1.82) is 0 Å². The highest BCUT2D eigenvalue weighted by atomic mass is 32.1. The predicted octanol–water partition coefficient (Wildman–Crippen LogP) is 5.01. The molecule has 1 aromatic heterocycles. The monoisotopic (exact) mass is 418 g/mol. The van der Waals surface area contributed by atoms with E-state index in [1.807, 2.05) is 26.0 Å². The minimum atomic E-state index is -2.69. The van der Waals surface area contributed by atoms with E-state index >= 15 is 0 Å². The van der Waals surface area contributed by atoms with Gasteiger partial charge in [-0.3, -0.25) is 9.59 Å². The second kappa shape index (κ2) is 7.52. The lowest BCUT2D eigenvalue weighted by Crippen LogP contribution is -2.47. The number of hydrogen-bond donors (Lipinski definition) is 1. The Hall–Kier alpha value is -2.28. The van der Waals surface area contributed by atoms with Crippen LogP contribution in [0.4, 0.5) is 8.78 Å². The standard InChI is InChI=1S/C22H24F2N2O2S/c1-13-7-8-18(29-13)14(2)25-20(27)19-16-5-3-4-6-17(16)21(28)26(19)15-9-11-22(23,24)12-10-15/h3-8,14-15,19H,9-12H2,1-2H3,(H,25,27). The third kappa shape index (κ3) is 3.80. The Morgan fingerprint density at radius 3 is 2.55 bits per heavy atom. The van der Waals surface area contributed by atoms with Crippen molar-refractivity contribution < 1.29 is 18.4 Å². The number of alkyl halides is 2. The second-order valence-corrected chi connectivity index (χ2v) is 9.29. The molecule has 0 radical (unpaired) electrons. The van der Waals surface area contributed by atoms with Gasteiger partial charge in [0, 0.05) is 34.2 Å². The number of carbonyl (C=O) groups is 2. The highest BCUT2D eigenvalue weighted by molar-refractivity contribution is 7.12. The largest absolute Gasteiger partial charge is 0.347 e. The van der Waals surface area contributed by atoms with Crippen molar-refractivity contribution in [1.82, 2.24) is 10.2 Å². The lowest BCUT2D eigenvalue weighted by molar-refractivity contribution is -0.127. The van der Waals surface area contributed by atoms with Gasteiger partial charge in [-0.05, 0) is 50.5 Å². The maximum Gasteiger partial charge on any atom is 0.255 e. The number of halogens is 2. The lowest BCUT2D eigenvalue weighted by Gasteiger charge is -2.37. The number of fused-ring (bicyclic) bond motifs is 1. The van der Waals surface area contributed by atoms with Crippen molar-refractivity contribution in [3.63, 3.8) is 0 Å². The molecule has 2 unspecified atom stereocenters. The van der Waals surface area contributed by atoms with Crippen LogP contribution in [0.25, 0.3) is 0 Å². The van der Waals surface area contributed by atoms with Gasteiger partial charge in [-0.1, -0.05) is 18.2 Å². The third-order valence-corrected chi connectivity index (χ3v) is 7.06. The molecular weight excluding hydrogens is 394 g/mol. The summed E-state index contributed by atoms with van der Waals surface area (Å²) >= 11 is 1.62. The van der Waals surface area contributed by atoms with Crippen LogP contribution in [0.3, 0.4) is 0 Å². The van der Waals surface area contributed by atoms with Crippen LogP contribution in [0.15, 0.2) is 36.4 Å². The summed E-state index contributed by atoms with van der Waals surface area (Å²) in [5.74, 6) is -3.19. The van der Waals surface area contributed by atoms with Crippen LogP contribution >= 0.6 is 11.3 Å². The van der Waals surface area contributed by atoms with Gasteiger partial charge >= 0.3 is 0 Å². The lowest BCUT2D eigenvalue weighted by atomic mass is 9.90. The van der Waals surface area contributed by atoms with Gasteiger partial charge in [0.2, 0.25) is 11.8 Å². The van der Waals surface area contributed by atoms with Crippen LogP contribution in [0.1, 0.15) is 70.4 Å². The van der Waals surface area contributed by atoms with E-state index in [2.05, 4.69) is 5.32 Å². The zero-order valence-corrected chi connectivity index (χ0v) is 17.3. The van der Waals surface area contributed by atoms with Crippen molar-refractivity contribution in [2.75, 3.05) is 0 Å². The van der Waals surface area contributed by atoms with Crippen LogP contribution in [0.5, 0.6) is 0 Å². The predicted molar refractivity (Wildman–Crippen MR) is 108 cm³/mol. The average molecular weight is 419 g/mol. The molecule has 4 nitrogen and oxygen atoms in total. The summed E-state index contributed by atoms with van der Waals surface area (Å²) in [7, 11) is 0. The van der Waals surface area contributed by atoms with Gasteiger partial charge in [-0.25, -0.2) is 8.78 Å². The van der Waals surface area contributed by atoms with E-state index in [1.54, 1.807) is 40.5 Å². The molecule has 154 valence electrons. The molecule has 1 fully saturated rings. The van der Waals surface area contributed by atoms with Gasteiger partial charge in [0.15, 0.2) is 0 Å². The van der Waals surface area contributed by atoms with Crippen LogP contribution in [-0.2, 0) is 4.79 Å². The topological polar surface area (TPSA) is 49.4 Å². The molecule has 4 rings (SSSR count). The van der Waals surface area contributed by atoms with Crippen molar-refractivity contribution in [3.05, 3.63) is 57.3 Å². The molecule has 0 spiro atoms. The van der Waals surface area contributed by atoms with Crippen LogP contribution in [0.2, 0.25) is 0 Å². The van der Waals surface area contributed by atoms with E-state index in [0.717, 1.165) is 9.75 Å². The number of aryl methyl sites for hydroxylation is 1. The number of hydrogen-bond acceptors (Lipinski definition) is 3. The molecule has 2 aliphatic rings. The summed E-state index contributed by atoms with van der Waals surface area (Å²) in [5.41, 5.74) is 1.14. The minimum Gasteiger partial charge on any atom is -0.347 e. The van der Waals surface area contributed by atoms with Gasteiger partial charge in [-0.2, -0.15) is 0 Å². The molecule has 7 heteroatoms. The number of nitrogens with zero attached hydrogens (tertiary/aromatic N) is 1. The Balaban J connectivity index is 1.60. The van der Waals surface area contributed by atoms with E-state index in [0.29, 0.717) is 11.1 Å². The number of carbonyl (C=O) groups excluding carboxylic acids is 2. The number of rotatable bonds is 4. The molecule has 2 amide bonds. The van der Waals surface area contributed by atoms with E-state index in [4.69, 9.17) is 0 Å². The zero-order chi connectivity index (χ0) is 20.8. The van der Waals surface area contributed by atoms with Gasteiger partial charge < -0.3 is 10.2 Å². The smallest absolute Gasteiger partial charge is 0.255 e. The SMILES string of the molecule is Cc1ccc(C(C)NC(=O)C2c3ccccc3C(=O)N2C2CCC(F)(F)CC2)s1. The maximum absolute atomic E-state index is 13.7. The Labute approximate surface area is 172 Å². The Morgan fingerprint density at radius 1 is 1.21 bits per heavy atom. The molecule has 0 bridgehead atoms. The molecule has 2 heterocycles. The fourth-order valence-corrected chi connectivity index (χ4v) is 5.21. The third-order valence-electron chi connectivity index (χ3n) is 5.87. The molecule has 1 aliphatic heterocycles. The van der Waals surface area contributed by atoms with E-state index < -0.39 is 12.0 Å². The first-order chi connectivity index (χ1) is 13.8. The first kappa shape index (κ1) is 20.0. The van der Waals surface area contributed by atoms with Gasteiger partial charge in [0.05, 0.1) is 6.04 Å². The molecule has 1 aliphatic carbocycles. The van der Waals surface area contributed by atoms with Crippen LogP contribution < -0.4 is 5.32 Å². The van der Waals surface area contributed by atoms with Crippen molar-refractivity contribution in [3.8, 4) is 0 Å². The molecule has 1 aromatic carbocycles. The number of thiophene rings is 1. The summed E-state index contributed by atoms with van der Waals surface area (Å²) in [6.45, 7) is 3.92. The summed E-state index contributed by atoms with van der Waals surface area (Å²) < 4.78 is 27.3. The molecule has 0 saturated heterocycles. The Kier molecular flexibility index (Phi) is 5.19. The Morgan fingerprint density at radius 2 is 1.90 bits per heavy atom. The number of nitrogens with one attached hydrogen (secondary N) is 1. The first-order valence-corrected chi connectivity index (χ1v) is 10.7. The number of amides is 2. The summed E-state index contributed by atoms with van der Waals surface area (Å²) in [4.78, 5) is 30.1. The van der Waals surface area contributed by atoms with E-state index in [1.165, 1.54) is 0 Å². The van der Waals surface area contributed by atoms with Crippen molar-refractivity contribution in [2.24, 2.45) is 0 Å². The molecule has 1 saturated carbocycles. The normalized spacial score (nSPS) is 22.4. The van der Waals surface area contributed by atoms with Gasteiger partial charge in [0.25, 0.3) is 5.91 Å². The molecule has 29 heavy (non-hydrogen) atoms. The second-order valence-electron chi connectivity index (χ2n) is 7.97. The van der Waals surface area contributed by atoms with E-state index in [-0.39, 0.29) is 49.6 Å². The van der Waals surface area contributed by atoms with Crippen molar-refractivity contribution >= 4 is 23.2 Å². The number of benzene rings is 1. The maximum atomic E-state index is 13.7. The highest BCUT2D eigenvalue weighted by Crippen LogP contribution is 2.42. The van der Waals surface area contributed by atoms with Crippen LogP contribution in [0, 0.1) is 6.92 Å². The fourth-order valence-electron chi connectivity index (χ4n) is 4.33. The molecule has 2 aromatic rings. The summed E-state index contributed by atoms with van der Waals surface area (Å²) in [6.07, 6.45) is -0.0969. The van der Waals surface area contributed by atoms with E-state index in [9.17, 15) is 18.4 Å². The quantitative estimate of drug-likeness (QED) is 0.759.